The van der Waals surface area contributed by atoms with Crippen molar-refractivity contribution in [2.75, 3.05) is 11.9 Å². The SMILES string of the molecule is NC1CCCC1CNC(=O)Nc1ccc(F)cc1. The molecule has 2 unspecified atom stereocenters. The maximum Gasteiger partial charge on any atom is 0.319 e. The van der Waals surface area contributed by atoms with Gasteiger partial charge in [0.2, 0.25) is 0 Å². The summed E-state index contributed by atoms with van der Waals surface area (Å²) in [6.45, 7) is 0.591. The van der Waals surface area contributed by atoms with Crippen molar-refractivity contribution in [2.45, 2.75) is 25.3 Å². The van der Waals surface area contributed by atoms with Gasteiger partial charge in [0, 0.05) is 18.3 Å². The van der Waals surface area contributed by atoms with Crippen LogP contribution in [0.25, 0.3) is 0 Å². The normalized spacial score (nSPS) is 22.8. The summed E-state index contributed by atoms with van der Waals surface area (Å²) in [6.07, 6.45) is 3.23. The van der Waals surface area contributed by atoms with Gasteiger partial charge in [0.05, 0.1) is 0 Å². The average molecular weight is 251 g/mol. The number of halogens is 1. The largest absolute Gasteiger partial charge is 0.338 e. The van der Waals surface area contributed by atoms with E-state index in [0.717, 1.165) is 19.3 Å². The lowest BCUT2D eigenvalue weighted by Gasteiger charge is -2.16. The third kappa shape index (κ3) is 3.43. The predicted octanol–water partition coefficient (Wildman–Crippen LogP) is 2.07. The number of nitrogens with two attached hydrogens (primary N) is 1. The molecule has 1 fully saturated rings. The second-order valence-corrected chi connectivity index (χ2v) is 4.70. The number of carbonyl (C=O) groups excluding carboxylic acids is 1. The van der Waals surface area contributed by atoms with Crippen LogP contribution in [0.3, 0.4) is 0 Å². The predicted molar refractivity (Wildman–Crippen MR) is 68.7 cm³/mol. The van der Waals surface area contributed by atoms with E-state index in [1.165, 1.54) is 24.3 Å². The summed E-state index contributed by atoms with van der Waals surface area (Å²) in [5.41, 5.74) is 6.49. The van der Waals surface area contributed by atoms with Crippen LogP contribution in [0.2, 0.25) is 0 Å². The molecule has 5 heteroatoms. The first-order valence-electron chi connectivity index (χ1n) is 6.21. The zero-order valence-corrected chi connectivity index (χ0v) is 10.2. The number of urea groups is 1. The smallest absolute Gasteiger partial charge is 0.319 e. The molecule has 0 spiro atoms. The molecule has 0 saturated heterocycles. The highest BCUT2D eigenvalue weighted by molar-refractivity contribution is 5.89. The summed E-state index contributed by atoms with van der Waals surface area (Å²) in [7, 11) is 0. The van der Waals surface area contributed by atoms with Gasteiger partial charge >= 0.3 is 6.03 Å². The summed E-state index contributed by atoms with van der Waals surface area (Å²) in [5, 5.41) is 5.44. The highest BCUT2D eigenvalue weighted by atomic mass is 19.1. The third-order valence-corrected chi connectivity index (χ3v) is 3.34. The Balaban J connectivity index is 1.76. The van der Waals surface area contributed by atoms with E-state index in [-0.39, 0.29) is 17.9 Å². The van der Waals surface area contributed by atoms with Gasteiger partial charge in [0.25, 0.3) is 0 Å². The molecule has 18 heavy (non-hydrogen) atoms. The number of hydrogen-bond donors (Lipinski definition) is 3. The van der Waals surface area contributed by atoms with Crippen LogP contribution in [-0.4, -0.2) is 18.6 Å². The molecule has 0 aliphatic heterocycles. The maximum absolute atomic E-state index is 12.7. The molecular weight excluding hydrogens is 233 g/mol. The third-order valence-electron chi connectivity index (χ3n) is 3.34. The summed E-state index contributed by atoms with van der Waals surface area (Å²) in [6, 6.07) is 5.58. The maximum atomic E-state index is 12.7. The van der Waals surface area contributed by atoms with Crippen molar-refractivity contribution < 1.29 is 9.18 Å². The fourth-order valence-electron chi connectivity index (χ4n) is 2.25. The molecule has 0 bridgehead atoms. The van der Waals surface area contributed by atoms with E-state index in [1.807, 2.05) is 0 Å². The van der Waals surface area contributed by atoms with Gasteiger partial charge < -0.3 is 16.4 Å². The van der Waals surface area contributed by atoms with Crippen LogP contribution in [-0.2, 0) is 0 Å². The monoisotopic (exact) mass is 251 g/mol. The number of carbonyl (C=O) groups is 1. The van der Waals surface area contributed by atoms with Gasteiger partial charge in [-0.25, -0.2) is 9.18 Å². The summed E-state index contributed by atoms with van der Waals surface area (Å²) < 4.78 is 12.7. The minimum Gasteiger partial charge on any atom is -0.338 e. The Morgan fingerprint density at radius 1 is 1.33 bits per heavy atom. The Morgan fingerprint density at radius 3 is 2.67 bits per heavy atom. The average Bonchev–Trinajstić information content (AvgIpc) is 2.75. The van der Waals surface area contributed by atoms with Gasteiger partial charge in [-0.2, -0.15) is 0 Å². The Kier molecular flexibility index (Phi) is 4.15. The first-order chi connectivity index (χ1) is 8.65. The van der Waals surface area contributed by atoms with Crippen LogP contribution in [0.1, 0.15) is 19.3 Å². The summed E-state index contributed by atoms with van der Waals surface area (Å²) in [5.74, 6) is 0.0434. The first-order valence-corrected chi connectivity index (χ1v) is 6.21. The van der Waals surface area contributed by atoms with Crippen LogP contribution in [0, 0.1) is 11.7 Å². The molecular formula is C13H18FN3O. The van der Waals surface area contributed by atoms with Gasteiger partial charge in [-0.05, 0) is 43.0 Å². The van der Waals surface area contributed by atoms with E-state index >= 15 is 0 Å². The topological polar surface area (TPSA) is 67.1 Å². The second kappa shape index (κ2) is 5.82. The Bertz CT molecular complexity index is 407. The van der Waals surface area contributed by atoms with Gasteiger partial charge in [-0.15, -0.1) is 0 Å². The van der Waals surface area contributed by atoms with E-state index in [9.17, 15) is 9.18 Å². The molecule has 1 aliphatic rings. The van der Waals surface area contributed by atoms with Crippen LogP contribution in [0.4, 0.5) is 14.9 Å². The number of anilines is 1. The molecule has 0 aromatic heterocycles. The molecule has 1 aromatic rings. The Labute approximate surface area is 106 Å². The molecule has 4 nitrogen and oxygen atoms in total. The second-order valence-electron chi connectivity index (χ2n) is 4.70. The summed E-state index contributed by atoms with van der Waals surface area (Å²) in [4.78, 5) is 11.6. The molecule has 4 N–H and O–H groups in total. The van der Waals surface area contributed by atoms with E-state index in [0.29, 0.717) is 18.2 Å². The van der Waals surface area contributed by atoms with E-state index in [1.54, 1.807) is 0 Å². The lowest BCUT2D eigenvalue weighted by atomic mass is 10.1. The number of amides is 2. The standard InChI is InChI=1S/C13H18FN3O/c14-10-4-6-11(7-5-10)17-13(18)16-8-9-2-1-3-12(9)15/h4-7,9,12H,1-3,8,15H2,(H2,16,17,18). The Morgan fingerprint density at radius 2 is 2.06 bits per heavy atom. The number of hydrogen-bond acceptors (Lipinski definition) is 2. The van der Waals surface area contributed by atoms with Gasteiger partial charge in [0.15, 0.2) is 0 Å². The molecule has 98 valence electrons. The van der Waals surface area contributed by atoms with Crippen molar-refractivity contribution in [3.8, 4) is 0 Å². The van der Waals surface area contributed by atoms with Gasteiger partial charge in [-0.3, -0.25) is 0 Å². The highest BCUT2D eigenvalue weighted by Gasteiger charge is 2.23. The van der Waals surface area contributed by atoms with Crippen LogP contribution >= 0.6 is 0 Å². The molecule has 1 aromatic carbocycles. The fraction of sp³-hybridized carbons (Fsp3) is 0.462. The molecule has 2 atom stereocenters. The Hall–Kier alpha value is -1.62. The molecule has 1 saturated carbocycles. The van der Waals surface area contributed by atoms with E-state index in [4.69, 9.17) is 5.73 Å². The molecule has 0 radical (unpaired) electrons. The van der Waals surface area contributed by atoms with Crippen molar-refractivity contribution in [2.24, 2.45) is 11.7 Å². The van der Waals surface area contributed by atoms with E-state index in [2.05, 4.69) is 10.6 Å². The number of rotatable bonds is 3. The van der Waals surface area contributed by atoms with Crippen molar-refractivity contribution in [3.63, 3.8) is 0 Å². The highest BCUT2D eigenvalue weighted by Crippen LogP contribution is 2.22. The summed E-state index contributed by atoms with van der Waals surface area (Å²) >= 11 is 0. The zero-order valence-electron chi connectivity index (χ0n) is 10.2. The van der Waals surface area contributed by atoms with Crippen molar-refractivity contribution in [1.82, 2.24) is 5.32 Å². The molecule has 2 amide bonds. The van der Waals surface area contributed by atoms with Gasteiger partial charge in [-0.1, -0.05) is 6.42 Å². The molecule has 0 heterocycles. The quantitative estimate of drug-likeness (QED) is 0.770. The number of benzene rings is 1. The minimum atomic E-state index is -0.321. The van der Waals surface area contributed by atoms with E-state index < -0.39 is 0 Å². The van der Waals surface area contributed by atoms with Gasteiger partial charge in [0.1, 0.15) is 5.82 Å². The van der Waals surface area contributed by atoms with Crippen molar-refractivity contribution in [1.29, 1.82) is 0 Å². The van der Waals surface area contributed by atoms with Crippen molar-refractivity contribution >= 4 is 11.7 Å². The first kappa shape index (κ1) is 12.8. The lowest BCUT2D eigenvalue weighted by Crippen LogP contribution is -2.37. The van der Waals surface area contributed by atoms with Crippen LogP contribution in [0.5, 0.6) is 0 Å². The molecule has 1 aliphatic carbocycles. The number of nitrogens with one attached hydrogen (secondary N) is 2. The van der Waals surface area contributed by atoms with Crippen LogP contribution < -0.4 is 16.4 Å². The zero-order chi connectivity index (χ0) is 13.0. The van der Waals surface area contributed by atoms with Crippen molar-refractivity contribution in [3.05, 3.63) is 30.1 Å². The fourth-order valence-corrected chi connectivity index (χ4v) is 2.25. The minimum absolute atomic E-state index is 0.191. The van der Waals surface area contributed by atoms with Crippen LogP contribution in [0.15, 0.2) is 24.3 Å². The lowest BCUT2D eigenvalue weighted by molar-refractivity contribution is 0.249. The molecule has 2 rings (SSSR count).